The lowest BCUT2D eigenvalue weighted by Crippen LogP contribution is -2.16. The van der Waals surface area contributed by atoms with Crippen molar-refractivity contribution in [2.45, 2.75) is 44.6 Å². The van der Waals surface area contributed by atoms with Crippen LogP contribution in [0.2, 0.25) is 0 Å². The molecule has 0 aromatic carbocycles. The molecule has 4 nitrogen and oxygen atoms in total. The van der Waals surface area contributed by atoms with Crippen LogP contribution in [0, 0.1) is 0 Å². The number of nitrogens with two attached hydrogens (primary N) is 1. The van der Waals surface area contributed by atoms with Crippen LogP contribution in [-0.2, 0) is 6.54 Å². The molecule has 0 bridgehead atoms. The first kappa shape index (κ1) is 9.65. The summed E-state index contributed by atoms with van der Waals surface area (Å²) < 4.78 is 2.11. The van der Waals surface area contributed by atoms with Crippen LogP contribution in [-0.4, -0.2) is 21.3 Å². The molecule has 0 radical (unpaired) electrons. The Labute approximate surface area is 84.5 Å². The van der Waals surface area contributed by atoms with Crippen molar-refractivity contribution in [2.75, 3.05) is 6.54 Å². The second-order valence-electron chi connectivity index (χ2n) is 4.01. The third kappa shape index (κ3) is 1.95. The molecule has 2 rings (SSSR count). The second kappa shape index (κ2) is 4.55. The average Bonchev–Trinajstić information content (AvgIpc) is 2.68. The van der Waals surface area contributed by atoms with Gasteiger partial charge in [0.15, 0.2) is 0 Å². The Hall–Kier alpha value is -0.900. The molecule has 0 aliphatic heterocycles. The van der Waals surface area contributed by atoms with Crippen molar-refractivity contribution in [1.82, 2.24) is 14.8 Å². The fourth-order valence-electron chi connectivity index (χ4n) is 2.25. The van der Waals surface area contributed by atoms with Crippen molar-refractivity contribution in [1.29, 1.82) is 0 Å². The van der Waals surface area contributed by atoms with E-state index in [0.29, 0.717) is 12.5 Å². The van der Waals surface area contributed by atoms with E-state index in [0.717, 1.165) is 12.4 Å². The van der Waals surface area contributed by atoms with E-state index >= 15 is 0 Å². The van der Waals surface area contributed by atoms with Crippen molar-refractivity contribution in [3.8, 4) is 0 Å². The van der Waals surface area contributed by atoms with Gasteiger partial charge < -0.3 is 10.3 Å². The number of hydrogen-bond donors (Lipinski definition) is 1. The van der Waals surface area contributed by atoms with E-state index < -0.39 is 0 Å². The predicted octanol–water partition coefficient (Wildman–Crippen LogP) is 1.28. The highest BCUT2D eigenvalue weighted by molar-refractivity contribution is 4.97. The van der Waals surface area contributed by atoms with Crippen LogP contribution in [0.5, 0.6) is 0 Å². The van der Waals surface area contributed by atoms with Crippen molar-refractivity contribution in [3.05, 3.63) is 12.2 Å². The van der Waals surface area contributed by atoms with Crippen LogP contribution >= 0.6 is 0 Å². The number of rotatable bonds is 3. The predicted molar refractivity (Wildman–Crippen MR) is 54.9 cm³/mol. The first-order valence-corrected chi connectivity index (χ1v) is 5.49. The minimum Gasteiger partial charge on any atom is -0.329 e. The molecule has 14 heavy (non-hydrogen) atoms. The Morgan fingerprint density at radius 3 is 2.86 bits per heavy atom. The lowest BCUT2D eigenvalue weighted by Gasteiger charge is -2.21. The number of nitrogens with zero attached hydrogens (tertiary/aromatic N) is 3. The van der Waals surface area contributed by atoms with E-state index in [-0.39, 0.29) is 0 Å². The molecule has 1 aromatic rings. The highest BCUT2D eigenvalue weighted by atomic mass is 15.3. The average molecular weight is 194 g/mol. The van der Waals surface area contributed by atoms with Crippen molar-refractivity contribution >= 4 is 0 Å². The molecule has 1 fully saturated rings. The lowest BCUT2D eigenvalue weighted by molar-refractivity contribution is 0.415. The molecule has 2 N–H and O–H groups in total. The van der Waals surface area contributed by atoms with Gasteiger partial charge >= 0.3 is 0 Å². The van der Waals surface area contributed by atoms with E-state index in [1.54, 1.807) is 6.33 Å². The maximum Gasteiger partial charge on any atom is 0.135 e. The van der Waals surface area contributed by atoms with Gasteiger partial charge in [0, 0.05) is 19.0 Å². The summed E-state index contributed by atoms with van der Waals surface area (Å²) in [6, 6.07) is 0. The maximum absolute atomic E-state index is 5.54. The quantitative estimate of drug-likeness (QED) is 0.788. The molecule has 0 saturated heterocycles. The molecule has 78 valence electrons. The van der Waals surface area contributed by atoms with E-state index in [9.17, 15) is 0 Å². The Bertz CT molecular complexity index is 275. The van der Waals surface area contributed by atoms with Crippen LogP contribution in [0.15, 0.2) is 6.33 Å². The Balaban J connectivity index is 2.09. The van der Waals surface area contributed by atoms with Gasteiger partial charge in [-0.05, 0) is 12.8 Å². The van der Waals surface area contributed by atoms with Crippen molar-refractivity contribution in [3.63, 3.8) is 0 Å². The van der Waals surface area contributed by atoms with Gasteiger partial charge in [-0.15, -0.1) is 10.2 Å². The smallest absolute Gasteiger partial charge is 0.135 e. The topological polar surface area (TPSA) is 56.7 Å². The fraction of sp³-hybridized carbons (Fsp3) is 0.800. The van der Waals surface area contributed by atoms with Crippen molar-refractivity contribution < 1.29 is 0 Å². The molecule has 0 spiro atoms. The molecule has 1 aliphatic carbocycles. The molecule has 1 aromatic heterocycles. The van der Waals surface area contributed by atoms with E-state index in [4.69, 9.17) is 5.73 Å². The standard InChI is InChI=1S/C10H18N4/c11-6-7-14-8-12-13-10(14)9-4-2-1-3-5-9/h8-9H,1-7,11H2. The monoisotopic (exact) mass is 194 g/mol. The molecule has 0 unspecified atom stereocenters. The first-order chi connectivity index (χ1) is 6.92. The Morgan fingerprint density at radius 1 is 1.36 bits per heavy atom. The van der Waals surface area contributed by atoms with Crippen LogP contribution in [0.1, 0.15) is 43.8 Å². The van der Waals surface area contributed by atoms with Gasteiger partial charge in [0.25, 0.3) is 0 Å². The third-order valence-corrected chi connectivity index (χ3v) is 2.99. The summed E-state index contributed by atoms with van der Waals surface area (Å²) in [6.07, 6.45) is 8.38. The molecular formula is C10H18N4. The number of aromatic nitrogens is 3. The zero-order valence-electron chi connectivity index (χ0n) is 8.52. The summed E-state index contributed by atoms with van der Waals surface area (Å²) in [5.74, 6) is 1.77. The van der Waals surface area contributed by atoms with Gasteiger partial charge in [-0.3, -0.25) is 0 Å². The minimum atomic E-state index is 0.623. The maximum atomic E-state index is 5.54. The zero-order valence-corrected chi connectivity index (χ0v) is 8.52. The molecule has 0 atom stereocenters. The fourth-order valence-corrected chi connectivity index (χ4v) is 2.25. The third-order valence-electron chi connectivity index (χ3n) is 2.99. The summed E-state index contributed by atoms with van der Waals surface area (Å²) in [6.45, 7) is 1.51. The van der Waals surface area contributed by atoms with Gasteiger partial charge in [0.05, 0.1) is 0 Å². The van der Waals surface area contributed by atoms with Crippen LogP contribution in [0.25, 0.3) is 0 Å². The summed E-state index contributed by atoms with van der Waals surface area (Å²) in [4.78, 5) is 0. The summed E-state index contributed by atoms with van der Waals surface area (Å²) in [5.41, 5.74) is 5.54. The SMILES string of the molecule is NCCn1cnnc1C1CCCCC1. The molecule has 0 amide bonds. The largest absolute Gasteiger partial charge is 0.329 e. The van der Waals surface area contributed by atoms with Gasteiger partial charge in [0.1, 0.15) is 12.2 Å². The summed E-state index contributed by atoms with van der Waals surface area (Å²) >= 11 is 0. The zero-order chi connectivity index (χ0) is 9.80. The molecule has 1 heterocycles. The summed E-state index contributed by atoms with van der Waals surface area (Å²) in [5, 5.41) is 8.19. The van der Waals surface area contributed by atoms with Crippen LogP contribution in [0.3, 0.4) is 0 Å². The highest BCUT2D eigenvalue weighted by Gasteiger charge is 2.20. The van der Waals surface area contributed by atoms with E-state index in [1.807, 2.05) is 0 Å². The van der Waals surface area contributed by atoms with E-state index in [2.05, 4.69) is 14.8 Å². The van der Waals surface area contributed by atoms with E-state index in [1.165, 1.54) is 32.1 Å². The van der Waals surface area contributed by atoms with Crippen LogP contribution in [0.4, 0.5) is 0 Å². The minimum absolute atomic E-state index is 0.623. The Kier molecular flexibility index (Phi) is 3.14. The molecule has 4 heteroatoms. The molecule has 1 saturated carbocycles. The van der Waals surface area contributed by atoms with Gasteiger partial charge in [-0.1, -0.05) is 19.3 Å². The second-order valence-corrected chi connectivity index (χ2v) is 4.01. The first-order valence-electron chi connectivity index (χ1n) is 5.49. The molecule has 1 aliphatic rings. The molecular weight excluding hydrogens is 176 g/mol. The van der Waals surface area contributed by atoms with Crippen LogP contribution < -0.4 is 5.73 Å². The Morgan fingerprint density at radius 2 is 2.14 bits per heavy atom. The highest BCUT2D eigenvalue weighted by Crippen LogP contribution is 2.31. The van der Waals surface area contributed by atoms with Crippen molar-refractivity contribution in [2.24, 2.45) is 5.73 Å². The van der Waals surface area contributed by atoms with Gasteiger partial charge in [-0.2, -0.15) is 0 Å². The number of hydrogen-bond acceptors (Lipinski definition) is 3. The normalized spacial score (nSPS) is 18.6. The van der Waals surface area contributed by atoms with Gasteiger partial charge in [0.2, 0.25) is 0 Å². The summed E-state index contributed by atoms with van der Waals surface area (Å²) in [7, 11) is 0. The van der Waals surface area contributed by atoms with Gasteiger partial charge in [-0.25, -0.2) is 0 Å². The lowest BCUT2D eigenvalue weighted by atomic mass is 9.89.